The fourth-order valence-corrected chi connectivity index (χ4v) is 2.70. The minimum Gasteiger partial charge on any atom is -0.493 e. The molecule has 0 heterocycles. The summed E-state index contributed by atoms with van der Waals surface area (Å²) >= 11 is 0. The minimum atomic E-state index is -0.602. The molecule has 2 rings (SSSR count). The molecule has 5 nitrogen and oxygen atoms in total. The molecule has 0 fully saturated rings. The van der Waals surface area contributed by atoms with Crippen molar-refractivity contribution in [3.63, 3.8) is 0 Å². The Bertz CT molecular complexity index is 837. The third kappa shape index (κ3) is 5.46. The smallest absolute Gasteiger partial charge is 0.331 e. The Morgan fingerprint density at radius 3 is 2.36 bits per heavy atom. The lowest BCUT2D eigenvalue weighted by atomic mass is 9.97. The van der Waals surface area contributed by atoms with E-state index in [0.29, 0.717) is 28.5 Å². The van der Waals surface area contributed by atoms with Crippen LogP contribution in [0.25, 0.3) is 6.08 Å². The van der Waals surface area contributed by atoms with E-state index in [1.54, 1.807) is 43.5 Å². The van der Waals surface area contributed by atoms with E-state index in [2.05, 4.69) is 13.8 Å². The summed E-state index contributed by atoms with van der Waals surface area (Å²) in [5.41, 5.74) is 2.38. The van der Waals surface area contributed by atoms with Gasteiger partial charge in [-0.25, -0.2) is 4.79 Å². The second kappa shape index (κ2) is 10.3. The number of methoxy groups -OCH3 is 2. The van der Waals surface area contributed by atoms with Crippen LogP contribution < -0.4 is 9.47 Å². The second-order valence-corrected chi connectivity index (χ2v) is 6.38. The van der Waals surface area contributed by atoms with Crippen LogP contribution in [0.3, 0.4) is 0 Å². The van der Waals surface area contributed by atoms with Gasteiger partial charge in [0.05, 0.1) is 14.2 Å². The van der Waals surface area contributed by atoms with Crippen molar-refractivity contribution in [3.05, 3.63) is 65.2 Å². The normalized spacial score (nSPS) is 11.9. The van der Waals surface area contributed by atoms with Crippen molar-refractivity contribution in [2.75, 3.05) is 20.8 Å². The zero-order valence-corrected chi connectivity index (χ0v) is 16.7. The third-order valence-electron chi connectivity index (χ3n) is 4.59. The van der Waals surface area contributed by atoms with Crippen molar-refractivity contribution >= 4 is 17.8 Å². The van der Waals surface area contributed by atoms with Crippen molar-refractivity contribution in [2.45, 2.75) is 26.2 Å². The monoisotopic (exact) mass is 382 g/mol. The van der Waals surface area contributed by atoms with E-state index in [0.717, 1.165) is 6.42 Å². The van der Waals surface area contributed by atoms with Gasteiger partial charge in [-0.2, -0.15) is 0 Å². The SMILES string of the molecule is CC[C@H](C)c1ccc(C(=O)COC(=O)/C=C/c2cccc(OC)c2OC)cc1. The van der Waals surface area contributed by atoms with E-state index in [9.17, 15) is 9.59 Å². The highest BCUT2D eigenvalue weighted by atomic mass is 16.5. The van der Waals surface area contributed by atoms with Gasteiger partial charge in [0.2, 0.25) is 0 Å². The number of hydrogen-bond acceptors (Lipinski definition) is 5. The Balaban J connectivity index is 1.95. The molecule has 2 aromatic carbocycles. The van der Waals surface area contributed by atoms with Gasteiger partial charge in [-0.15, -0.1) is 0 Å². The first kappa shape index (κ1) is 21.2. The molecule has 0 amide bonds. The molecule has 0 radical (unpaired) electrons. The molecule has 0 aromatic heterocycles. The van der Waals surface area contributed by atoms with Crippen molar-refractivity contribution in [1.82, 2.24) is 0 Å². The molecular formula is C23H26O5. The van der Waals surface area contributed by atoms with Gasteiger partial charge < -0.3 is 14.2 Å². The molecule has 1 atom stereocenters. The predicted octanol–water partition coefficient (Wildman–Crippen LogP) is 4.66. The molecule has 2 aromatic rings. The number of hydrogen-bond donors (Lipinski definition) is 0. The zero-order valence-electron chi connectivity index (χ0n) is 16.7. The third-order valence-corrected chi connectivity index (χ3v) is 4.59. The van der Waals surface area contributed by atoms with Crippen LogP contribution in [0.2, 0.25) is 0 Å². The highest BCUT2D eigenvalue weighted by molar-refractivity contribution is 5.99. The highest BCUT2D eigenvalue weighted by Crippen LogP contribution is 2.31. The molecule has 148 valence electrons. The average Bonchev–Trinajstić information content (AvgIpc) is 2.74. The molecule has 0 bridgehead atoms. The number of Topliss-reactive ketones (excluding diaryl/α,β-unsaturated/α-hetero) is 1. The lowest BCUT2D eigenvalue weighted by molar-refractivity contribution is -0.136. The Morgan fingerprint density at radius 2 is 1.75 bits per heavy atom. The summed E-state index contributed by atoms with van der Waals surface area (Å²) in [6, 6.07) is 12.8. The quantitative estimate of drug-likeness (QED) is 0.359. The van der Waals surface area contributed by atoms with Crippen LogP contribution >= 0.6 is 0 Å². The van der Waals surface area contributed by atoms with Gasteiger partial charge in [0.25, 0.3) is 0 Å². The molecule has 0 N–H and O–H groups in total. The van der Waals surface area contributed by atoms with Gasteiger partial charge in [0.1, 0.15) is 0 Å². The first-order valence-electron chi connectivity index (χ1n) is 9.19. The summed E-state index contributed by atoms with van der Waals surface area (Å²) in [7, 11) is 3.07. The van der Waals surface area contributed by atoms with E-state index in [-0.39, 0.29) is 12.4 Å². The van der Waals surface area contributed by atoms with Gasteiger partial charge in [-0.05, 0) is 30.0 Å². The maximum atomic E-state index is 12.2. The van der Waals surface area contributed by atoms with Gasteiger partial charge in [0, 0.05) is 17.2 Å². The Hall–Kier alpha value is -3.08. The van der Waals surface area contributed by atoms with Gasteiger partial charge in [-0.3, -0.25) is 4.79 Å². The molecule has 0 aliphatic rings. The summed E-state index contributed by atoms with van der Waals surface area (Å²) in [5.74, 6) is 0.687. The number of rotatable bonds is 9. The summed E-state index contributed by atoms with van der Waals surface area (Å²) in [5, 5.41) is 0. The number of carbonyl (C=O) groups is 2. The van der Waals surface area contributed by atoms with Crippen LogP contribution in [0.4, 0.5) is 0 Å². The minimum absolute atomic E-state index is 0.239. The van der Waals surface area contributed by atoms with Crippen molar-refractivity contribution in [2.24, 2.45) is 0 Å². The van der Waals surface area contributed by atoms with E-state index in [1.165, 1.54) is 18.7 Å². The van der Waals surface area contributed by atoms with E-state index in [1.807, 2.05) is 12.1 Å². The Labute approximate surface area is 165 Å². The van der Waals surface area contributed by atoms with Gasteiger partial charge in [0.15, 0.2) is 23.9 Å². The zero-order chi connectivity index (χ0) is 20.5. The topological polar surface area (TPSA) is 61.8 Å². The van der Waals surface area contributed by atoms with Crippen LogP contribution in [0.1, 0.15) is 47.7 Å². The van der Waals surface area contributed by atoms with Crippen molar-refractivity contribution < 1.29 is 23.8 Å². The summed E-state index contributed by atoms with van der Waals surface area (Å²) in [6.45, 7) is 3.96. The second-order valence-electron chi connectivity index (χ2n) is 6.38. The van der Waals surface area contributed by atoms with Gasteiger partial charge >= 0.3 is 5.97 Å². The molecule has 28 heavy (non-hydrogen) atoms. The lowest BCUT2D eigenvalue weighted by Crippen LogP contribution is -2.12. The fraction of sp³-hybridized carbons (Fsp3) is 0.304. The van der Waals surface area contributed by atoms with Crippen molar-refractivity contribution in [3.8, 4) is 11.5 Å². The van der Waals surface area contributed by atoms with Crippen LogP contribution in [-0.2, 0) is 9.53 Å². The molecule has 0 aliphatic carbocycles. The van der Waals surface area contributed by atoms with Crippen LogP contribution in [0.15, 0.2) is 48.5 Å². The first-order valence-corrected chi connectivity index (χ1v) is 9.19. The summed E-state index contributed by atoms with van der Waals surface area (Å²) in [6.07, 6.45) is 3.86. The molecule has 0 spiro atoms. The fourth-order valence-electron chi connectivity index (χ4n) is 2.70. The largest absolute Gasteiger partial charge is 0.493 e. The van der Waals surface area contributed by atoms with E-state index >= 15 is 0 Å². The maximum Gasteiger partial charge on any atom is 0.331 e. The summed E-state index contributed by atoms with van der Waals surface area (Å²) < 4.78 is 15.6. The number of esters is 1. The number of para-hydroxylation sites is 1. The predicted molar refractivity (Wildman–Crippen MR) is 109 cm³/mol. The highest BCUT2D eigenvalue weighted by Gasteiger charge is 2.11. The Morgan fingerprint density at radius 1 is 1.04 bits per heavy atom. The maximum absolute atomic E-state index is 12.2. The molecule has 0 unspecified atom stereocenters. The first-order chi connectivity index (χ1) is 13.5. The van der Waals surface area contributed by atoms with E-state index < -0.39 is 5.97 Å². The van der Waals surface area contributed by atoms with Gasteiger partial charge in [-0.1, -0.05) is 50.2 Å². The molecular weight excluding hydrogens is 356 g/mol. The van der Waals surface area contributed by atoms with Crippen LogP contribution in [-0.4, -0.2) is 32.6 Å². The molecule has 0 saturated carbocycles. The number of ketones is 1. The lowest BCUT2D eigenvalue weighted by Gasteiger charge is -2.10. The number of benzene rings is 2. The average molecular weight is 382 g/mol. The van der Waals surface area contributed by atoms with Crippen LogP contribution in [0, 0.1) is 0 Å². The molecule has 0 aliphatic heterocycles. The van der Waals surface area contributed by atoms with Crippen molar-refractivity contribution in [1.29, 1.82) is 0 Å². The molecule has 5 heteroatoms. The Kier molecular flexibility index (Phi) is 7.81. The summed E-state index contributed by atoms with van der Waals surface area (Å²) in [4.78, 5) is 24.2. The van der Waals surface area contributed by atoms with Crippen LogP contribution in [0.5, 0.6) is 11.5 Å². The van der Waals surface area contributed by atoms with E-state index in [4.69, 9.17) is 14.2 Å². The molecule has 0 saturated heterocycles. The number of carbonyl (C=O) groups excluding carboxylic acids is 2. The number of ether oxygens (including phenoxy) is 3. The standard InChI is InChI=1S/C23H26O5/c1-5-16(2)17-9-11-18(12-10-17)20(24)15-28-22(25)14-13-19-7-6-8-21(26-3)23(19)27-4/h6-14,16H,5,15H2,1-4H3/b14-13+/t16-/m0/s1.